The molecule has 2 heteroatoms. The van der Waals surface area contributed by atoms with Crippen molar-refractivity contribution >= 4 is 17.3 Å². The Hall–Kier alpha value is -0.690. The van der Waals surface area contributed by atoms with Gasteiger partial charge in [0.2, 0.25) is 0 Å². The van der Waals surface area contributed by atoms with Crippen LogP contribution in [0.1, 0.15) is 50.0 Å². The molecular weight excluding hydrogens is 230 g/mol. The topological polar surface area (TPSA) is 12.0 Å². The van der Waals surface area contributed by atoms with E-state index in [0.717, 1.165) is 17.5 Å². The van der Waals surface area contributed by atoms with Gasteiger partial charge < -0.3 is 5.32 Å². The first kappa shape index (κ1) is 11.4. The van der Waals surface area contributed by atoms with E-state index in [2.05, 4.69) is 17.4 Å². The van der Waals surface area contributed by atoms with Gasteiger partial charge in [-0.1, -0.05) is 49.4 Å². The first-order valence-corrected chi connectivity index (χ1v) is 7.26. The minimum absolute atomic E-state index is 0.696. The maximum atomic E-state index is 6.24. The van der Waals surface area contributed by atoms with Gasteiger partial charge in [-0.05, 0) is 30.4 Å². The molecule has 1 unspecified atom stereocenters. The Labute approximate surface area is 109 Å². The highest BCUT2D eigenvalue weighted by atomic mass is 35.5. The van der Waals surface area contributed by atoms with E-state index in [4.69, 9.17) is 11.6 Å². The molecule has 0 amide bonds. The van der Waals surface area contributed by atoms with Crippen molar-refractivity contribution in [3.05, 3.63) is 28.8 Å². The molecule has 0 radical (unpaired) electrons. The summed E-state index contributed by atoms with van der Waals surface area (Å²) in [6, 6.07) is 6.34. The normalized spacial score (nSPS) is 25.1. The lowest BCUT2D eigenvalue weighted by atomic mass is 9.83. The second-order valence-corrected chi connectivity index (χ2v) is 5.85. The zero-order valence-corrected chi connectivity index (χ0v) is 11.0. The minimum atomic E-state index is 0.696. The summed E-state index contributed by atoms with van der Waals surface area (Å²) in [5.41, 5.74) is 2.66. The summed E-state index contributed by atoms with van der Waals surface area (Å²) < 4.78 is 0. The number of rotatable bonds is 1. The van der Waals surface area contributed by atoms with Crippen LogP contribution in [-0.4, -0.2) is 6.54 Å². The predicted octanol–water partition coefficient (Wildman–Crippen LogP) is 4.82. The van der Waals surface area contributed by atoms with Crippen molar-refractivity contribution in [2.75, 3.05) is 11.9 Å². The smallest absolute Gasteiger partial charge is 0.0640 e. The van der Waals surface area contributed by atoms with Gasteiger partial charge in [0.15, 0.2) is 0 Å². The Kier molecular flexibility index (Phi) is 3.28. The average Bonchev–Trinajstić information content (AvgIpc) is 2.59. The highest BCUT2D eigenvalue weighted by molar-refractivity contribution is 6.33. The summed E-state index contributed by atoms with van der Waals surface area (Å²) in [5.74, 6) is 1.56. The van der Waals surface area contributed by atoms with Crippen LogP contribution in [0.4, 0.5) is 5.69 Å². The quantitative estimate of drug-likeness (QED) is 0.704. The van der Waals surface area contributed by atoms with Crippen LogP contribution in [0.15, 0.2) is 18.2 Å². The van der Waals surface area contributed by atoms with Crippen LogP contribution < -0.4 is 5.32 Å². The van der Waals surface area contributed by atoms with Crippen molar-refractivity contribution in [3.63, 3.8) is 0 Å². The third-order valence-electron chi connectivity index (χ3n) is 4.41. The van der Waals surface area contributed by atoms with Crippen molar-refractivity contribution in [1.29, 1.82) is 0 Å². The molecule has 17 heavy (non-hydrogen) atoms. The zero-order chi connectivity index (χ0) is 11.7. The van der Waals surface area contributed by atoms with E-state index in [-0.39, 0.29) is 0 Å². The molecule has 1 nitrogen and oxygen atoms in total. The second-order valence-electron chi connectivity index (χ2n) is 5.44. The van der Waals surface area contributed by atoms with Gasteiger partial charge in [0, 0.05) is 12.5 Å². The average molecular weight is 250 g/mol. The molecule has 1 aliphatic carbocycles. The monoisotopic (exact) mass is 249 g/mol. The van der Waals surface area contributed by atoms with Crippen molar-refractivity contribution in [2.24, 2.45) is 5.92 Å². The molecule has 1 heterocycles. The van der Waals surface area contributed by atoms with Crippen molar-refractivity contribution in [3.8, 4) is 0 Å². The minimum Gasteiger partial charge on any atom is -0.383 e. The summed E-state index contributed by atoms with van der Waals surface area (Å²) in [5, 5.41) is 4.39. The van der Waals surface area contributed by atoms with Crippen molar-refractivity contribution < 1.29 is 0 Å². The Morgan fingerprint density at radius 1 is 1.06 bits per heavy atom. The maximum absolute atomic E-state index is 6.24. The Morgan fingerprint density at radius 3 is 2.59 bits per heavy atom. The standard InChI is InChI=1S/C15H20ClN/c16-14-9-5-8-12-13(10-17-15(12)14)11-6-3-1-2-4-7-11/h5,8-9,11,13,17H,1-4,6-7,10H2. The number of fused-ring (bicyclic) bond motifs is 1. The van der Waals surface area contributed by atoms with E-state index in [1.807, 2.05) is 6.07 Å². The van der Waals surface area contributed by atoms with E-state index in [1.54, 1.807) is 0 Å². The van der Waals surface area contributed by atoms with Crippen LogP contribution in [0.2, 0.25) is 5.02 Å². The first-order valence-electron chi connectivity index (χ1n) is 6.88. The third-order valence-corrected chi connectivity index (χ3v) is 4.73. The van der Waals surface area contributed by atoms with Gasteiger partial charge >= 0.3 is 0 Å². The Bertz CT molecular complexity index is 394. The molecular formula is C15H20ClN. The van der Waals surface area contributed by atoms with Crippen LogP contribution in [0, 0.1) is 5.92 Å². The highest BCUT2D eigenvalue weighted by Gasteiger charge is 2.30. The number of nitrogens with one attached hydrogen (secondary N) is 1. The molecule has 0 bridgehead atoms. The molecule has 2 aliphatic rings. The summed E-state index contributed by atoms with van der Waals surface area (Å²) in [4.78, 5) is 0. The molecule has 0 aromatic heterocycles. The predicted molar refractivity (Wildman–Crippen MR) is 73.9 cm³/mol. The van der Waals surface area contributed by atoms with Gasteiger partial charge in [0.25, 0.3) is 0 Å². The second kappa shape index (κ2) is 4.89. The lowest BCUT2D eigenvalue weighted by Gasteiger charge is -2.21. The first-order chi connectivity index (χ1) is 8.36. The lowest BCUT2D eigenvalue weighted by molar-refractivity contribution is 0.394. The van der Waals surface area contributed by atoms with E-state index in [0.29, 0.717) is 5.92 Å². The highest BCUT2D eigenvalue weighted by Crippen LogP contribution is 2.44. The Balaban J connectivity index is 1.84. The van der Waals surface area contributed by atoms with E-state index in [9.17, 15) is 0 Å². The fourth-order valence-electron chi connectivity index (χ4n) is 3.49. The summed E-state index contributed by atoms with van der Waals surface area (Å²) >= 11 is 6.24. The van der Waals surface area contributed by atoms with Crippen LogP contribution in [0.25, 0.3) is 0 Å². The molecule has 1 atom stereocenters. The molecule has 1 N–H and O–H groups in total. The van der Waals surface area contributed by atoms with Gasteiger partial charge in [0.05, 0.1) is 10.7 Å². The summed E-state index contributed by atoms with van der Waals surface area (Å²) in [6.07, 6.45) is 8.49. The van der Waals surface area contributed by atoms with Crippen molar-refractivity contribution in [2.45, 2.75) is 44.4 Å². The molecule has 92 valence electrons. The van der Waals surface area contributed by atoms with Gasteiger partial charge in [-0.3, -0.25) is 0 Å². The fourth-order valence-corrected chi connectivity index (χ4v) is 3.74. The Morgan fingerprint density at radius 2 is 1.82 bits per heavy atom. The van der Waals surface area contributed by atoms with Crippen LogP contribution in [0.3, 0.4) is 0 Å². The molecule has 0 spiro atoms. The summed E-state index contributed by atoms with van der Waals surface area (Å²) in [7, 11) is 0. The van der Waals surface area contributed by atoms with E-state index in [1.165, 1.54) is 49.8 Å². The largest absolute Gasteiger partial charge is 0.383 e. The maximum Gasteiger partial charge on any atom is 0.0640 e. The third kappa shape index (κ3) is 2.18. The summed E-state index contributed by atoms with van der Waals surface area (Å²) in [6.45, 7) is 1.09. The number of hydrogen-bond acceptors (Lipinski definition) is 1. The fraction of sp³-hybridized carbons (Fsp3) is 0.600. The molecule has 3 rings (SSSR count). The van der Waals surface area contributed by atoms with Gasteiger partial charge in [-0.15, -0.1) is 0 Å². The van der Waals surface area contributed by atoms with Crippen LogP contribution in [0.5, 0.6) is 0 Å². The van der Waals surface area contributed by atoms with Crippen molar-refractivity contribution in [1.82, 2.24) is 0 Å². The van der Waals surface area contributed by atoms with Crippen LogP contribution in [-0.2, 0) is 0 Å². The number of hydrogen-bond donors (Lipinski definition) is 1. The molecule has 1 aromatic rings. The lowest BCUT2D eigenvalue weighted by Crippen LogP contribution is -2.14. The number of halogens is 1. The van der Waals surface area contributed by atoms with E-state index < -0.39 is 0 Å². The van der Waals surface area contributed by atoms with Crippen LogP contribution >= 0.6 is 11.6 Å². The SMILES string of the molecule is Clc1cccc2c1NCC2C1CCCCCC1. The van der Waals surface area contributed by atoms with Gasteiger partial charge in [-0.25, -0.2) is 0 Å². The molecule has 1 aromatic carbocycles. The molecule has 0 saturated heterocycles. The number of para-hydroxylation sites is 1. The number of benzene rings is 1. The van der Waals surface area contributed by atoms with E-state index >= 15 is 0 Å². The number of anilines is 1. The molecule has 1 fully saturated rings. The van der Waals surface area contributed by atoms with Gasteiger partial charge in [-0.2, -0.15) is 0 Å². The molecule has 1 aliphatic heterocycles. The van der Waals surface area contributed by atoms with Gasteiger partial charge in [0.1, 0.15) is 0 Å². The molecule has 1 saturated carbocycles. The zero-order valence-electron chi connectivity index (χ0n) is 10.2.